The van der Waals surface area contributed by atoms with Crippen molar-refractivity contribution in [3.8, 4) is 5.75 Å². The third-order valence-corrected chi connectivity index (χ3v) is 2.11. The van der Waals surface area contributed by atoms with Gasteiger partial charge in [-0.05, 0) is 23.8 Å². The molecule has 0 atom stereocenters. The van der Waals surface area contributed by atoms with E-state index in [9.17, 15) is 14.7 Å². The van der Waals surface area contributed by atoms with Crippen molar-refractivity contribution in [1.29, 1.82) is 0 Å². The highest BCUT2D eigenvalue weighted by Gasteiger charge is 2.23. The van der Waals surface area contributed by atoms with Gasteiger partial charge < -0.3 is 5.11 Å². The van der Waals surface area contributed by atoms with Crippen molar-refractivity contribution in [2.45, 2.75) is 6.42 Å². The highest BCUT2D eigenvalue weighted by molar-refractivity contribution is 6.15. The van der Waals surface area contributed by atoms with Gasteiger partial charge >= 0.3 is 0 Å². The molecule has 0 bridgehead atoms. The molecule has 0 unspecified atom stereocenters. The minimum atomic E-state index is -0.358. The molecule has 1 aliphatic heterocycles. The van der Waals surface area contributed by atoms with E-state index in [0.29, 0.717) is 11.1 Å². The zero-order chi connectivity index (χ0) is 10.8. The van der Waals surface area contributed by atoms with Crippen molar-refractivity contribution >= 4 is 17.9 Å². The van der Waals surface area contributed by atoms with Crippen molar-refractivity contribution in [2.24, 2.45) is 0 Å². The standard InChI is InChI=1S/C11H9NO3/c13-9-3-1-2-7(5-9)4-8-6-10(14)12-11(8)15/h1-5,13H,6H2,(H,12,14,15)/b8-4+. The number of amides is 2. The van der Waals surface area contributed by atoms with Crippen LogP contribution < -0.4 is 5.32 Å². The first-order valence-electron chi connectivity index (χ1n) is 4.49. The van der Waals surface area contributed by atoms with Gasteiger partial charge in [-0.25, -0.2) is 0 Å². The van der Waals surface area contributed by atoms with Crippen LogP contribution in [0.3, 0.4) is 0 Å². The van der Waals surface area contributed by atoms with E-state index in [4.69, 9.17) is 0 Å². The van der Waals surface area contributed by atoms with Crippen LogP contribution in [0.1, 0.15) is 12.0 Å². The van der Waals surface area contributed by atoms with E-state index >= 15 is 0 Å². The minimum absolute atomic E-state index is 0.106. The first-order valence-corrected chi connectivity index (χ1v) is 4.49. The lowest BCUT2D eigenvalue weighted by atomic mass is 10.1. The van der Waals surface area contributed by atoms with E-state index < -0.39 is 0 Å². The fourth-order valence-corrected chi connectivity index (χ4v) is 1.44. The third kappa shape index (κ3) is 2.04. The largest absolute Gasteiger partial charge is 0.508 e. The van der Waals surface area contributed by atoms with Gasteiger partial charge in [0.25, 0.3) is 5.91 Å². The summed E-state index contributed by atoms with van der Waals surface area (Å²) in [4.78, 5) is 22.1. The average Bonchev–Trinajstić information content (AvgIpc) is 2.45. The molecule has 2 amide bonds. The Morgan fingerprint density at radius 2 is 2.13 bits per heavy atom. The maximum absolute atomic E-state index is 11.2. The molecule has 1 heterocycles. The van der Waals surface area contributed by atoms with Gasteiger partial charge in [-0.1, -0.05) is 12.1 Å². The highest BCUT2D eigenvalue weighted by atomic mass is 16.3. The van der Waals surface area contributed by atoms with Gasteiger partial charge in [-0.15, -0.1) is 0 Å². The molecule has 1 fully saturated rings. The van der Waals surface area contributed by atoms with Crippen LogP contribution >= 0.6 is 0 Å². The van der Waals surface area contributed by atoms with Crippen LogP contribution in [0.2, 0.25) is 0 Å². The van der Waals surface area contributed by atoms with E-state index in [-0.39, 0.29) is 24.0 Å². The van der Waals surface area contributed by atoms with Crippen molar-refractivity contribution < 1.29 is 14.7 Å². The maximum atomic E-state index is 11.2. The van der Waals surface area contributed by atoms with Crippen LogP contribution in [0.4, 0.5) is 0 Å². The Morgan fingerprint density at radius 3 is 2.73 bits per heavy atom. The number of rotatable bonds is 1. The monoisotopic (exact) mass is 203 g/mol. The van der Waals surface area contributed by atoms with Gasteiger partial charge in [0.15, 0.2) is 0 Å². The van der Waals surface area contributed by atoms with Crippen molar-refractivity contribution in [3.05, 3.63) is 35.4 Å². The third-order valence-electron chi connectivity index (χ3n) is 2.11. The van der Waals surface area contributed by atoms with Gasteiger partial charge in [0, 0.05) is 5.57 Å². The van der Waals surface area contributed by atoms with Crippen LogP contribution in [-0.4, -0.2) is 16.9 Å². The molecule has 1 aliphatic rings. The molecule has 0 aromatic heterocycles. The maximum Gasteiger partial charge on any atom is 0.254 e. The van der Waals surface area contributed by atoms with E-state index in [2.05, 4.69) is 5.32 Å². The lowest BCUT2D eigenvalue weighted by Gasteiger charge is -1.96. The van der Waals surface area contributed by atoms with Gasteiger partial charge in [0.2, 0.25) is 5.91 Å². The molecule has 0 saturated carbocycles. The quantitative estimate of drug-likeness (QED) is 0.524. The Kier molecular flexibility index (Phi) is 2.25. The Balaban J connectivity index is 2.31. The summed E-state index contributed by atoms with van der Waals surface area (Å²) >= 11 is 0. The summed E-state index contributed by atoms with van der Waals surface area (Å²) < 4.78 is 0. The lowest BCUT2D eigenvalue weighted by molar-refractivity contribution is -0.124. The van der Waals surface area contributed by atoms with E-state index in [0.717, 1.165) is 0 Å². The average molecular weight is 203 g/mol. The predicted molar refractivity (Wildman–Crippen MR) is 53.9 cm³/mol. The van der Waals surface area contributed by atoms with Gasteiger partial charge in [0.05, 0.1) is 6.42 Å². The number of carbonyl (C=O) groups is 2. The van der Waals surface area contributed by atoms with E-state index in [1.165, 1.54) is 6.07 Å². The van der Waals surface area contributed by atoms with Crippen LogP contribution in [0.5, 0.6) is 5.75 Å². The summed E-state index contributed by atoms with van der Waals surface area (Å²) in [6.07, 6.45) is 1.70. The van der Waals surface area contributed by atoms with E-state index in [1.807, 2.05) is 0 Å². The number of phenolic OH excluding ortho intramolecular Hbond substituents is 1. The molecule has 1 aromatic rings. The number of nitrogens with one attached hydrogen (secondary N) is 1. The second kappa shape index (κ2) is 3.57. The molecule has 4 nitrogen and oxygen atoms in total. The first-order chi connectivity index (χ1) is 7.15. The predicted octanol–water partition coefficient (Wildman–Crippen LogP) is 0.822. The van der Waals surface area contributed by atoms with Crippen LogP contribution in [0, 0.1) is 0 Å². The Bertz CT molecular complexity index is 463. The molecule has 2 N–H and O–H groups in total. The second-order valence-corrected chi connectivity index (χ2v) is 3.32. The molecule has 1 saturated heterocycles. The zero-order valence-corrected chi connectivity index (χ0v) is 7.86. The highest BCUT2D eigenvalue weighted by Crippen LogP contribution is 2.17. The molecular weight excluding hydrogens is 194 g/mol. The molecule has 15 heavy (non-hydrogen) atoms. The van der Waals surface area contributed by atoms with Crippen molar-refractivity contribution in [1.82, 2.24) is 5.32 Å². The van der Waals surface area contributed by atoms with Crippen LogP contribution in [0.25, 0.3) is 6.08 Å². The molecule has 0 aliphatic carbocycles. The number of aromatic hydroxyl groups is 1. The number of hydrogen-bond acceptors (Lipinski definition) is 3. The fourth-order valence-electron chi connectivity index (χ4n) is 1.44. The first kappa shape index (κ1) is 9.45. The summed E-state index contributed by atoms with van der Waals surface area (Å²) in [5, 5.41) is 11.4. The molecule has 2 rings (SSSR count). The fraction of sp³-hybridized carbons (Fsp3) is 0.0909. The molecule has 1 aromatic carbocycles. The number of phenols is 1. The molecule has 0 radical (unpaired) electrons. The number of hydrogen-bond donors (Lipinski definition) is 2. The van der Waals surface area contributed by atoms with Crippen LogP contribution in [-0.2, 0) is 9.59 Å². The summed E-state index contributed by atoms with van der Waals surface area (Å²) in [5.41, 5.74) is 1.13. The van der Waals surface area contributed by atoms with Crippen molar-refractivity contribution in [3.63, 3.8) is 0 Å². The number of imide groups is 1. The number of benzene rings is 1. The Labute approximate surface area is 86.2 Å². The topological polar surface area (TPSA) is 66.4 Å². The smallest absolute Gasteiger partial charge is 0.254 e. The molecular formula is C11H9NO3. The summed E-state index contributed by atoms with van der Waals surface area (Å²) in [5.74, 6) is -0.510. The Morgan fingerprint density at radius 1 is 1.33 bits per heavy atom. The van der Waals surface area contributed by atoms with Crippen LogP contribution in [0.15, 0.2) is 29.8 Å². The summed E-state index contributed by atoms with van der Waals surface area (Å²) in [6, 6.07) is 6.50. The lowest BCUT2D eigenvalue weighted by Crippen LogP contribution is -2.19. The van der Waals surface area contributed by atoms with E-state index in [1.54, 1.807) is 24.3 Å². The molecule has 76 valence electrons. The van der Waals surface area contributed by atoms with Gasteiger partial charge in [-0.2, -0.15) is 0 Å². The van der Waals surface area contributed by atoms with Crippen molar-refractivity contribution in [2.75, 3.05) is 0 Å². The Hall–Kier alpha value is -2.10. The normalized spacial score (nSPS) is 18.3. The van der Waals surface area contributed by atoms with Gasteiger partial charge in [-0.3, -0.25) is 14.9 Å². The zero-order valence-electron chi connectivity index (χ0n) is 7.86. The SMILES string of the molecule is O=C1C/C(=C\c2cccc(O)c2)C(=O)N1. The summed E-state index contributed by atoms with van der Waals surface area (Å²) in [6.45, 7) is 0. The second-order valence-electron chi connectivity index (χ2n) is 3.32. The minimum Gasteiger partial charge on any atom is -0.508 e. The van der Waals surface area contributed by atoms with Gasteiger partial charge in [0.1, 0.15) is 5.75 Å². The summed E-state index contributed by atoms with van der Waals surface area (Å²) in [7, 11) is 0. The molecule has 4 heteroatoms. The number of carbonyl (C=O) groups excluding carboxylic acids is 2. The molecule has 0 spiro atoms.